The van der Waals surface area contributed by atoms with Crippen LogP contribution in [-0.4, -0.2) is 7.05 Å². The highest BCUT2D eigenvalue weighted by Crippen LogP contribution is 2.20. The van der Waals surface area contributed by atoms with Crippen molar-refractivity contribution < 1.29 is 4.39 Å². The van der Waals surface area contributed by atoms with Crippen molar-refractivity contribution in [2.45, 2.75) is 13.1 Å². The van der Waals surface area contributed by atoms with Gasteiger partial charge in [0, 0.05) is 30.8 Å². The van der Waals surface area contributed by atoms with E-state index < -0.39 is 0 Å². The van der Waals surface area contributed by atoms with Crippen LogP contribution in [0, 0.1) is 5.82 Å². The van der Waals surface area contributed by atoms with E-state index in [0.29, 0.717) is 18.1 Å². The maximum atomic E-state index is 13.5. The van der Waals surface area contributed by atoms with Crippen LogP contribution in [0.2, 0.25) is 5.02 Å². The molecular weight excluding hydrogens is 263 g/mol. The molecule has 100 valence electrons. The van der Waals surface area contributed by atoms with Crippen LogP contribution in [0.5, 0.6) is 0 Å². The van der Waals surface area contributed by atoms with E-state index in [1.807, 2.05) is 42.3 Å². The number of hydrogen-bond acceptors (Lipinski definition) is 2. The van der Waals surface area contributed by atoms with E-state index in [1.165, 1.54) is 12.1 Å². The van der Waals surface area contributed by atoms with Crippen LogP contribution in [0.4, 0.5) is 10.1 Å². The summed E-state index contributed by atoms with van der Waals surface area (Å²) in [6, 6.07) is 12.5. The van der Waals surface area contributed by atoms with Gasteiger partial charge in [-0.2, -0.15) is 0 Å². The Kier molecular flexibility index (Phi) is 4.40. The molecule has 0 saturated heterocycles. The van der Waals surface area contributed by atoms with Crippen molar-refractivity contribution >= 4 is 17.3 Å². The molecule has 0 fully saturated rings. The summed E-state index contributed by atoms with van der Waals surface area (Å²) in [4.78, 5) is 1.98. The Labute approximate surface area is 117 Å². The fourth-order valence-corrected chi connectivity index (χ4v) is 2.05. The van der Waals surface area contributed by atoms with Gasteiger partial charge in [-0.25, -0.2) is 4.39 Å². The molecule has 2 N–H and O–H groups in total. The Morgan fingerprint density at radius 3 is 2.42 bits per heavy atom. The molecule has 0 amide bonds. The zero-order valence-electron chi connectivity index (χ0n) is 10.7. The molecule has 19 heavy (non-hydrogen) atoms. The van der Waals surface area contributed by atoms with Gasteiger partial charge in [0.05, 0.1) is 0 Å². The molecule has 0 spiro atoms. The maximum Gasteiger partial charge on any atom is 0.125 e. The van der Waals surface area contributed by atoms with E-state index >= 15 is 0 Å². The van der Waals surface area contributed by atoms with Gasteiger partial charge in [0.25, 0.3) is 0 Å². The van der Waals surface area contributed by atoms with Gasteiger partial charge in [-0.3, -0.25) is 0 Å². The first-order valence-electron chi connectivity index (χ1n) is 6.03. The number of nitrogens with zero attached hydrogens (tertiary/aromatic N) is 1. The summed E-state index contributed by atoms with van der Waals surface area (Å²) in [5.41, 5.74) is 8.28. The van der Waals surface area contributed by atoms with Crippen molar-refractivity contribution in [3.8, 4) is 0 Å². The normalized spacial score (nSPS) is 10.5. The van der Waals surface area contributed by atoms with Crippen LogP contribution in [0.25, 0.3) is 0 Å². The highest BCUT2D eigenvalue weighted by atomic mass is 35.5. The predicted molar refractivity (Wildman–Crippen MR) is 77.9 cm³/mol. The molecule has 0 atom stereocenters. The Morgan fingerprint density at radius 2 is 1.79 bits per heavy atom. The average molecular weight is 279 g/mol. The monoisotopic (exact) mass is 278 g/mol. The van der Waals surface area contributed by atoms with Crippen LogP contribution in [0.1, 0.15) is 11.1 Å². The predicted octanol–water partition coefficient (Wildman–Crippen LogP) is 3.57. The van der Waals surface area contributed by atoms with Gasteiger partial charge in [-0.15, -0.1) is 0 Å². The first-order chi connectivity index (χ1) is 9.08. The van der Waals surface area contributed by atoms with Crippen LogP contribution >= 0.6 is 11.6 Å². The van der Waals surface area contributed by atoms with Gasteiger partial charge in [0.15, 0.2) is 0 Å². The topological polar surface area (TPSA) is 29.3 Å². The number of hydrogen-bond donors (Lipinski definition) is 1. The SMILES string of the molecule is CN(Cc1ccc(Cl)cc1)c1cc(F)cc(CN)c1. The molecule has 0 aliphatic carbocycles. The highest BCUT2D eigenvalue weighted by Gasteiger charge is 2.06. The van der Waals surface area contributed by atoms with Gasteiger partial charge in [0.2, 0.25) is 0 Å². The van der Waals surface area contributed by atoms with Crippen molar-refractivity contribution in [3.63, 3.8) is 0 Å². The number of halogens is 2. The molecule has 0 radical (unpaired) electrons. The lowest BCUT2D eigenvalue weighted by Gasteiger charge is -2.20. The third kappa shape index (κ3) is 3.69. The van der Waals surface area contributed by atoms with Crippen LogP contribution in [0.3, 0.4) is 0 Å². The molecule has 0 aliphatic rings. The molecule has 0 aliphatic heterocycles. The zero-order chi connectivity index (χ0) is 13.8. The molecule has 0 saturated carbocycles. The number of rotatable bonds is 4. The molecule has 0 unspecified atom stereocenters. The molecule has 0 aromatic heterocycles. The van der Waals surface area contributed by atoms with Crippen molar-refractivity contribution in [1.82, 2.24) is 0 Å². The van der Waals surface area contributed by atoms with Gasteiger partial charge < -0.3 is 10.6 Å². The summed E-state index contributed by atoms with van der Waals surface area (Å²) in [5, 5.41) is 0.711. The molecule has 2 rings (SSSR count). The fourth-order valence-electron chi connectivity index (χ4n) is 1.93. The van der Waals surface area contributed by atoms with E-state index in [4.69, 9.17) is 17.3 Å². The van der Waals surface area contributed by atoms with E-state index in [0.717, 1.165) is 16.8 Å². The van der Waals surface area contributed by atoms with E-state index in [9.17, 15) is 4.39 Å². The summed E-state index contributed by atoms with van der Waals surface area (Å²) in [7, 11) is 1.92. The van der Waals surface area contributed by atoms with Crippen molar-refractivity contribution in [1.29, 1.82) is 0 Å². The molecule has 2 aromatic rings. The zero-order valence-corrected chi connectivity index (χ0v) is 11.5. The second-order valence-corrected chi connectivity index (χ2v) is 4.94. The maximum absolute atomic E-state index is 13.5. The minimum Gasteiger partial charge on any atom is -0.370 e. The van der Waals surface area contributed by atoms with Crippen LogP contribution in [-0.2, 0) is 13.1 Å². The van der Waals surface area contributed by atoms with E-state index in [-0.39, 0.29) is 5.82 Å². The first kappa shape index (κ1) is 13.8. The van der Waals surface area contributed by atoms with Gasteiger partial charge in [0.1, 0.15) is 5.82 Å². The van der Waals surface area contributed by atoms with E-state index in [2.05, 4.69) is 0 Å². The smallest absolute Gasteiger partial charge is 0.125 e. The fraction of sp³-hybridized carbons (Fsp3) is 0.200. The summed E-state index contributed by atoms with van der Waals surface area (Å²) < 4.78 is 13.5. The average Bonchev–Trinajstić information content (AvgIpc) is 2.40. The second-order valence-electron chi connectivity index (χ2n) is 4.50. The molecule has 0 bridgehead atoms. The Bertz CT molecular complexity index is 555. The Morgan fingerprint density at radius 1 is 1.11 bits per heavy atom. The minimum absolute atomic E-state index is 0.263. The van der Waals surface area contributed by atoms with Crippen molar-refractivity contribution in [3.05, 3.63) is 64.4 Å². The standard InChI is InChI=1S/C15H16ClFN2/c1-19(10-11-2-4-13(16)5-3-11)15-7-12(9-18)6-14(17)8-15/h2-8H,9-10,18H2,1H3. The number of anilines is 1. The number of nitrogens with two attached hydrogens (primary N) is 1. The largest absolute Gasteiger partial charge is 0.370 e. The van der Waals surface area contributed by atoms with Crippen LogP contribution < -0.4 is 10.6 Å². The first-order valence-corrected chi connectivity index (χ1v) is 6.41. The van der Waals surface area contributed by atoms with Crippen LogP contribution in [0.15, 0.2) is 42.5 Å². The third-order valence-electron chi connectivity index (χ3n) is 2.95. The minimum atomic E-state index is -0.263. The lowest BCUT2D eigenvalue weighted by Crippen LogP contribution is -2.17. The Balaban J connectivity index is 2.17. The van der Waals surface area contributed by atoms with Crippen molar-refractivity contribution in [2.24, 2.45) is 5.73 Å². The molecular formula is C15H16ClFN2. The second kappa shape index (κ2) is 6.04. The molecule has 0 heterocycles. The summed E-state index contributed by atoms with van der Waals surface area (Å²) in [6.07, 6.45) is 0. The van der Waals surface area contributed by atoms with Crippen molar-refractivity contribution in [2.75, 3.05) is 11.9 Å². The summed E-state index contributed by atoms with van der Waals surface area (Å²) in [5.74, 6) is -0.263. The van der Waals surface area contributed by atoms with E-state index in [1.54, 1.807) is 0 Å². The van der Waals surface area contributed by atoms with Gasteiger partial charge in [-0.1, -0.05) is 23.7 Å². The summed E-state index contributed by atoms with van der Waals surface area (Å²) >= 11 is 5.85. The van der Waals surface area contributed by atoms with Gasteiger partial charge in [-0.05, 0) is 41.5 Å². The molecule has 4 heteroatoms. The van der Waals surface area contributed by atoms with Gasteiger partial charge >= 0.3 is 0 Å². The molecule has 2 nitrogen and oxygen atoms in total. The lowest BCUT2D eigenvalue weighted by atomic mass is 10.1. The quantitative estimate of drug-likeness (QED) is 0.926. The Hall–Kier alpha value is -1.58. The number of benzene rings is 2. The third-order valence-corrected chi connectivity index (χ3v) is 3.20. The summed E-state index contributed by atoms with van der Waals surface area (Å²) in [6.45, 7) is 1.02. The highest BCUT2D eigenvalue weighted by molar-refractivity contribution is 6.30. The lowest BCUT2D eigenvalue weighted by molar-refractivity contribution is 0.624. The molecule has 2 aromatic carbocycles.